The maximum absolute atomic E-state index is 13.6. The minimum atomic E-state index is -0.380. The van der Waals surface area contributed by atoms with Crippen molar-refractivity contribution in [2.24, 2.45) is 0 Å². The predicted octanol–water partition coefficient (Wildman–Crippen LogP) is 3.80. The third kappa shape index (κ3) is 2.20. The summed E-state index contributed by atoms with van der Waals surface area (Å²) in [6, 6.07) is 11.8. The zero-order chi connectivity index (χ0) is 14.1. The van der Waals surface area contributed by atoms with Crippen molar-refractivity contribution in [3.8, 4) is 0 Å². The molecule has 3 aromatic rings. The van der Waals surface area contributed by atoms with E-state index in [0.29, 0.717) is 16.5 Å². The van der Waals surface area contributed by atoms with Gasteiger partial charge < -0.3 is 4.57 Å². The van der Waals surface area contributed by atoms with Crippen molar-refractivity contribution < 1.29 is 13.6 Å². The number of carbonyl (C=O) groups is 1. The van der Waals surface area contributed by atoms with E-state index in [-0.39, 0.29) is 24.0 Å². The zero-order valence-electron chi connectivity index (χ0n) is 10.5. The maximum atomic E-state index is 13.6. The van der Waals surface area contributed by atoms with Gasteiger partial charge in [0.15, 0.2) is 5.78 Å². The van der Waals surface area contributed by atoms with E-state index in [1.54, 1.807) is 29.0 Å². The summed E-state index contributed by atoms with van der Waals surface area (Å²) in [5, 5.41) is 0.486. The van der Waals surface area contributed by atoms with Crippen LogP contribution in [0.4, 0.5) is 8.78 Å². The third-order valence-electron chi connectivity index (χ3n) is 3.24. The number of nitrogens with zero attached hydrogens (tertiary/aromatic N) is 1. The second-order valence-corrected chi connectivity index (χ2v) is 4.55. The van der Waals surface area contributed by atoms with Gasteiger partial charge in [-0.2, -0.15) is 0 Å². The van der Waals surface area contributed by atoms with E-state index < -0.39 is 0 Å². The highest BCUT2D eigenvalue weighted by Gasteiger charge is 2.10. The molecule has 0 bridgehead atoms. The number of halogens is 2. The normalized spacial score (nSPS) is 10.9. The number of carbonyl (C=O) groups excluding carboxylic acids is 1. The van der Waals surface area contributed by atoms with Crippen molar-refractivity contribution >= 4 is 16.7 Å². The Morgan fingerprint density at radius 3 is 2.50 bits per heavy atom. The van der Waals surface area contributed by atoms with Crippen molar-refractivity contribution in [3.05, 3.63) is 71.9 Å². The lowest BCUT2D eigenvalue weighted by molar-refractivity contribution is 0.0973. The van der Waals surface area contributed by atoms with Crippen molar-refractivity contribution in [2.45, 2.75) is 6.54 Å². The van der Waals surface area contributed by atoms with Gasteiger partial charge in [-0.25, -0.2) is 8.78 Å². The van der Waals surface area contributed by atoms with Gasteiger partial charge >= 0.3 is 0 Å². The van der Waals surface area contributed by atoms with Gasteiger partial charge in [0, 0.05) is 17.1 Å². The van der Waals surface area contributed by atoms with Gasteiger partial charge in [0.05, 0.1) is 12.1 Å². The van der Waals surface area contributed by atoms with Crippen LogP contribution in [-0.4, -0.2) is 10.4 Å². The maximum Gasteiger partial charge on any atom is 0.182 e. The molecule has 0 unspecified atom stereocenters. The number of ketones is 1. The summed E-state index contributed by atoms with van der Waals surface area (Å²) >= 11 is 0. The summed E-state index contributed by atoms with van der Waals surface area (Å²) in [4.78, 5) is 12.1. The highest BCUT2D eigenvalue weighted by molar-refractivity contribution is 5.96. The Kier molecular flexibility index (Phi) is 3.06. The number of aromatic nitrogens is 1. The first-order chi connectivity index (χ1) is 9.65. The van der Waals surface area contributed by atoms with Crippen molar-refractivity contribution in [1.82, 2.24) is 4.57 Å². The van der Waals surface area contributed by atoms with Gasteiger partial charge in [0.1, 0.15) is 11.6 Å². The molecule has 1 aromatic heterocycles. The van der Waals surface area contributed by atoms with Crippen LogP contribution in [0.1, 0.15) is 10.4 Å². The van der Waals surface area contributed by atoms with E-state index in [4.69, 9.17) is 0 Å². The molecule has 1 heterocycles. The first-order valence-electron chi connectivity index (χ1n) is 6.17. The predicted molar refractivity (Wildman–Crippen MR) is 72.6 cm³/mol. The van der Waals surface area contributed by atoms with E-state index in [2.05, 4.69) is 0 Å². The Balaban J connectivity index is 1.91. The van der Waals surface area contributed by atoms with Crippen LogP contribution in [0.3, 0.4) is 0 Å². The smallest absolute Gasteiger partial charge is 0.182 e. The molecule has 0 saturated carbocycles. The van der Waals surface area contributed by atoms with E-state index in [1.165, 1.54) is 30.3 Å². The van der Waals surface area contributed by atoms with Gasteiger partial charge in [-0.3, -0.25) is 4.79 Å². The summed E-state index contributed by atoms with van der Waals surface area (Å²) < 4.78 is 28.1. The molecule has 0 aliphatic carbocycles. The number of hydrogen-bond acceptors (Lipinski definition) is 1. The molecule has 0 saturated heterocycles. The van der Waals surface area contributed by atoms with E-state index >= 15 is 0 Å². The molecule has 100 valence electrons. The van der Waals surface area contributed by atoms with Crippen LogP contribution in [0.2, 0.25) is 0 Å². The van der Waals surface area contributed by atoms with Crippen LogP contribution < -0.4 is 0 Å². The minimum absolute atomic E-state index is 0.0958. The zero-order valence-corrected chi connectivity index (χ0v) is 10.5. The lowest BCUT2D eigenvalue weighted by Gasteiger charge is -2.05. The van der Waals surface area contributed by atoms with E-state index in [9.17, 15) is 13.6 Å². The second kappa shape index (κ2) is 4.89. The summed E-state index contributed by atoms with van der Waals surface area (Å²) in [5.41, 5.74) is 1.10. The fraction of sp³-hybridized carbons (Fsp3) is 0.0625. The fourth-order valence-electron chi connectivity index (χ4n) is 2.21. The molecular formula is C16H11F2NO. The quantitative estimate of drug-likeness (QED) is 0.664. The van der Waals surface area contributed by atoms with Gasteiger partial charge in [-0.1, -0.05) is 6.07 Å². The molecule has 0 amide bonds. The van der Waals surface area contributed by atoms with Gasteiger partial charge in [-0.05, 0) is 42.5 Å². The molecule has 0 radical (unpaired) electrons. The van der Waals surface area contributed by atoms with Crippen molar-refractivity contribution in [3.63, 3.8) is 0 Å². The summed E-state index contributed by atoms with van der Waals surface area (Å²) in [6.07, 6.45) is 1.68. The average Bonchev–Trinajstić information content (AvgIpc) is 2.84. The molecule has 0 spiro atoms. The molecule has 0 atom stereocenters. The van der Waals surface area contributed by atoms with Gasteiger partial charge in [0.25, 0.3) is 0 Å². The topological polar surface area (TPSA) is 22.0 Å². The Hall–Kier alpha value is -2.49. The molecule has 2 nitrogen and oxygen atoms in total. The van der Waals surface area contributed by atoms with Crippen LogP contribution in [0, 0.1) is 11.6 Å². The number of Topliss-reactive ketones (excluding diaryl/α,β-unsaturated/α-hetero) is 1. The Morgan fingerprint density at radius 1 is 1.00 bits per heavy atom. The molecule has 0 fully saturated rings. The fourth-order valence-corrected chi connectivity index (χ4v) is 2.21. The Morgan fingerprint density at radius 2 is 1.75 bits per heavy atom. The van der Waals surface area contributed by atoms with Crippen LogP contribution in [0.15, 0.2) is 54.7 Å². The molecule has 0 aliphatic rings. The monoisotopic (exact) mass is 271 g/mol. The van der Waals surface area contributed by atoms with Crippen LogP contribution >= 0.6 is 0 Å². The molecule has 4 heteroatoms. The molecule has 3 rings (SSSR count). The minimum Gasteiger partial charge on any atom is -0.340 e. The summed E-state index contributed by atoms with van der Waals surface area (Å²) in [6.45, 7) is 0.0958. The molecule has 0 N–H and O–H groups in total. The largest absolute Gasteiger partial charge is 0.340 e. The number of rotatable bonds is 3. The highest BCUT2D eigenvalue weighted by Crippen LogP contribution is 2.19. The van der Waals surface area contributed by atoms with E-state index in [1.807, 2.05) is 0 Å². The first kappa shape index (κ1) is 12.5. The second-order valence-electron chi connectivity index (χ2n) is 4.55. The van der Waals surface area contributed by atoms with Crippen molar-refractivity contribution in [2.75, 3.05) is 0 Å². The van der Waals surface area contributed by atoms with Crippen LogP contribution in [0.25, 0.3) is 10.9 Å². The third-order valence-corrected chi connectivity index (χ3v) is 3.24. The number of fused-ring (bicyclic) bond motifs is 1. The van der Waals surface area contributed by atoms with Crippen LogP contribution in [-0.2, 0) is 6.54 Å². The SMILES string of the molecule is O=C(Cn1ccc2c(F)cccc21)c1ccc(F)cc1. The number of benzene rings is 2. The lowest BCUT2D eigenvalue weighted by Crippen LogP contribution is -2.09. The van der Waals surface area contributed by atoms with Gasteiger partial charge in [-0.15, -0.1) is 0 Å². The molecule has 2 aromatic carbocycles. The molecule has 0 aliphatic heterocycles. The average molecular weight is 271 g/mol. The van der Waals surface area contributed by atoms with Crippen LogP contribution in [0.5, 0.6) is 0 Å². The summed E-state index contributed by atoms with van der Waals surface area (Å²) in [5.74, 6) is -0.836. The van der Waals surface area contributed by atoms with Gasteiger partial charge in [0.2, 0.25) is 0 Å². The highest BCUT2D eigenvalue weighted by atomic mass is 19.1. The Bertz CT molecular complexity index is 775. The first-order valence-corrected chi connectivity index (χ1v) is 6.17. The lowest BCUT2D eigenvalue weighted by atomic mass is 10.1. The van der Waals surface area contributed by atoms with E-state index in [0.717, 1.165) is 0 Å². The Labute approximate surface area is 114 Å². The molecular weight excluding hydrogens is 260 g/mol. The van der Waals surface area contributed by atoms with Crippen molar-refractivity contribution in [1.29, 1.82) is 0 Å². The number of hydrogen-bond donors (Lipinski definition) is 0. The standard InChI is InChI=1S/C16H11F2NO/c17-12-6-4-11(5-7-12)16(20)10-19-9-8-13-14(18)2-1-3-15(13)19/h1-9H,10H2. The molecule has 20 heavy (non-hydrogen) atoms. The summed E-state index contributed by atoms with van der Waals surface area (Å²) in [7, 11) is 0.